The summed E-state index contributed by atoms with van der Waals surface area (Å²) in [4.78, 5) is 32.1. The van der Waals surface area contributed by atoms with Gasteiger partial charge in [0.05, 0.1) is 32.9 Å². The number of methoxy groups -OCH3 is 3. The van der Waals surface area contributed by atoms with Crippen LogP contribution in [0.1, 0.15) is 55.1 Å². The van der Waals surface area contributed by atoms with Crippen LogP contribution in [-0.4, -0.2) is 63.5 Å². The van der Waals surface area contributed by atoms with Gasteiger partial charge in [-0.25, -0.2) is 9.59 Å². The molecule has 3 aliphatic rings. The van der Waals surface area contributed by atoms with Crippen molar-refractivity contribution >= 4 is 11.9 Å². The van der Waals surface area contributed by atoms with Crippen molar-refractivity contribution in [2.75, 3.05) is 41.7 Å². The summed E-state index contributed by atoms with van der Waals surface area (Å²) in [5, 5.41) is 0. The number of esters is 2. The summed E-state index contributed by atoms with van der Waals surface area (Å²) in [5.41, 5.74) is 3.72. The van der Waals surface area contributed by atoms with Gasteiger partial charge in [0, 0.05) is 35.6 Å². The standard InChI is InChI=1S/C29H28N2O9/c1-31-11-9-16-18(13-37-28(32)15-6-5-10-30-12-15)24-27(39-14-38-24)26(36-4)20(16)22(31)23-17-7-8-19(34-2)25(35-3)21(17)29(33)40-23/h5-8,10,12,22-23H,9,11,13-14H2,1-4H3/t22-,23+/m1/s1. The Bertz CT molecular complexity index is 1490. The van der Waals surface area contributed by atoms with Gasteiger partial charge in [-0.05, 0) is 37.2 Å². The van der Waals surface area contributed by atoms with Crippen LogP contribution in [-0.2, 0) is 22.5 Å². The second-order valence-corrected chi connectivity index (χ2v) is 9.55. The molecule has 3 aromatic rings. The Morgan fingerprint density at radius 3 is 2.60 bits per heavy atom. The Morgan fingerprint density at radius 2 is 1.88 bits per heavy atom. The van der Waals surface area contributed by atoms with Crippen LogP contribution in [0.25, 0.3) is 0 Å². The molecule has 40 heavy (non-hydrogen) atoms. The van der Waals surface area contributed by atoms with Crippen molar-refractivity contribution in [1.29, 1.82) is 0 Å². The van der Waals surface area contributed by atoms with Gasteiger partial charge in [0.1, 0.15) is 18.3 Å². The van der Waals surface area contributed by atoms with Crippen LogP contribution in [0.2, 0.25) is 0 Å². The largest absolute Gasteiger partial charge is 0.493 e. The van der Waals surface area contributed by atoms with E-state index in [1.807, 2.05) is 13.1 Å². The third-order valence-electron chi connectivity index (χ3n) is 7.57. The van der Waals surface area contributed by atoms with E-state index in [-0.39, 0.29) is 13.4 Å². The number of aromatic nitrogens is 1. The number of hydrogen-bond donors (Lipinski definition) is 0. The van der Waals surface area contributed by atoms with Crippen LogP contribution in [0.15, 0.2) is 36.7 Å². The third-order valence-corrected chi connectivity index (χ3v) is 7.57. The second-order valence-electron chi connectivity index (χ2n) is 9.55. The molecule has 0 amide bonds. The Morgan fingerprint density at radius 1 is 1.07 bits per heavy atom. The minimum atomic E-state index is -0.675. The van der Waals surface area contributed by atoms with E-state index >= 15 is 0 Å². The van der Waals surface area contributed by atoms with Gasteiger partial charge in [-0.1, -0.05) is 6.07 Å². The van der Waals surface area contributed by atoms with Crippen LogP contribution in [0.5, 0.6) is 28.7 Å². The first-order valence-corrected chi connectivity index (χ1v) is 12.7. The fraction of sp³-hybridized carbons (Fsp3) is 0.345. The summed E-state index contributed by atoms with van der Waals surface area (Å²) >= 11 is 0. The lowest BCUT2D eigenvalue weighted by Crippen LogP contribution is -2.37. The molecule has 0 bridgehead atoms. The van der Waals surface area contributed by atoms with Gasteiger partial charge in [0.2, 0.25) is 12.5 Å². The lowest BCUT2D eigenvalue weighted by Gasteiger charge is -2.39. The quantitative estimate of drug-likeness (QED) is 0.403. The smallest absolute Gasteiger partial charge is 0.343 e. The SMILES string of the molecule is COc1ccc2c(c1OC)C(=O)O[C@@H]2[C@H]1c2c(c(COC(=O)c3cccnc3)c3c(c2OC)OCO3)CCN1C. The summed E-state index contributed by atoms with van der Waals surface area (Å²) < 4.78 is 40.3. The summed E-state index contributed by atoms with van der Waals surface area (Å²) in [6, 6.07) is 6.46. The van der Waals surface area contributed by atoms with Crippen molar-refractivity contribution in [1.82, 2.24) is 9.88 Å². The molecule has 3 aliphatic heterocycles. The zero-order valence-electron chi connectivity index (χ0n) is 22.5. The van der Waals surface area contributed by atoms with E-state index in [1.165, 1.54) is 20.4 Å². The summed E-state index contributed by atoms with van der Waals surface area (Å²) in [6.07, 6.45) is 2.99. The lowest BCUT2D eigenvalue weighted by atomic mass is 9.83. The number of pyridine rings is 1. The van der Waals surface area contributed by atoms with Gasteiger partial charge in [0.25, 0.3) is 0 Å². The van der Waals surface area contributed by atoms with Crippen molar-refractivity contribution < 1.29 is 42.7 Å². The number of hydrogen-bond acceptors (Lipinski definition) is 11. The average molecular weight is 549 g/mol. The minimum Gasteiger partial charge on any atom is -0.493 e. The first-order valence-electron chi connectivity index (χ1n) is 12.7. The molecule has 6 rings (SSSR count). The van der Waals surface area contributed by atoms with E-state index in [4.69, 9.17) is 33.2 Å². The molecule has 2 atom stereocenters. The Labute approximate surface area is 230 Å². The van der Waals surface area contributed by atoms with Crippen molar-refractivity contribution in [2.45, 2.75) is 25.2 Å². The molecular weight excluding hydrogens is 520 g/mol. The number of ether oxygens (including phenoxy) is 7. The van der Waals surface area contributed by atoms with Crippen LogP contribution in [0.3, 0.4) is 0 Å². The van der Waals surface area contributed by atoms with Gasteiger partial charge >= 0.3 is 11.9 Å². The molecule has 0 N–H and O–H groups in total. The number of rotatable bonds is 7. The number of carbonyl (C=O) groups is 2. The van der Waals surface area contributed by atoms with Crippen molar-refractivity contribution in [3.63, 3.8) is 0 Å². The molecule has 0 fully saturated rings. The first kappa shape index (κ1) is 25.8. The number of carbonyl (C=O) groups excluding carboxylic acids is 2. The zero-order chi connectivity index (χ0) is 28.0. The van der Waals surface area contributed by atoms with E-state index in [1.54, 1.807) is 31.5 Å². The molecule has 0 spiro atoms. The highest BCUT2D eigenvalue weighted by molar-refractivity contribution is 5.98. The topological polar surface area (TPSA) is 115 Å². The Kier molecular flexibility index (Phi) is 6.59. The summed E-state index contributed by atoms with van der Waals surface area (Å²) in [5.74, 6) is 1.16. The fourth-order valence-electron chi connectivity index (χ4n) is 5.78. The number of nitrogens with zero attached hydrogens (tertiary/aromatic N) is 2. The highest BCUT2D eigenvalue weighted by Gasteiger charge is 2.47. The van der Waals surface area contributed by atoms with E-state index in [0.29, 0.717) is 64.0 Å². The Balaban J connectivity index is 1.47. The molecule has 1 aromatic heterocycles. The molecule has 11 heteroatoms. The van der Waals surface area contributed by atoms with E-state index in [9.17, 15) is 9.59 Å². The van der Waals surface area contributed by atoms with E-state index in [2.05, 4.69) is 9.88 Å². The Hall–Kier alpha value is -4.51. The molecule has 0 radical (unpaired) electrons. The number of benzene rings is 2. The molecule has 2 aromatic carbocycles. The molecule has 0 aliphatic carbocycles. The predicted octanol–water partition coefficient (Wildman–Crippen LogP) is 3.63. The molecule has 11 nitrogen and oxygen atoms in total. The van der Waals surface area contributed by atoms with Crippen LogP contribution in [0, 0.1) is 0 Å². The normalized spacial score (nSPS) is 18.9. The van der Waals surface area contributed by atoms with Crippen molar-refractivity contribution in [2.24, 2.45) is 0 Å². The second kappa shape index (κ2) is 10.2. The molecule has 0 saturated heterocycles. The van der Waals surface area contributed by atoms with E-state index in [0.717, 1.165) is 11.1 Å². The monoisotopic (exact) mass is 548 g/mol. The third kappa shape index (κ3) is 3.96. The number of likely N-dealkylation sites (N-methyl/N-ethyl adjacent to an activating group) is 1. The molecule has 4 heterocycles. The van der Waals surface area contributed by atoms with Crippen molar-refractivity contribution in [3.8, 4) is 28.7 Å². The first-order chi connectivity index (χ1) is 19.5. The van der Waals surface area contributed by atoms with Crippen molar-refractivity contribution in [3.05, 3.63) is 70.0 Å². The predicted molar refractivity (Wildman–Crippen MR) is 139 cm³/mol. The molecule has 0 unspecified atom stereocenters. The van der Waals surface area contributed by atoms with Gasteiger partial charge in [-0.15, -0.1) is 0 Å². The minimum absolute atomic E-state index is 0.00309. The number of fused-ring (bicyclic) bond motifs is 3. The highest BCUT2D eigenvalue weighted by atomic mass is 16.7. The van der Waals surface area contributed by atoms with Crippen LogP contribution >= 0.6 is 0 Å². The fourth-order valence-corrected chi connectivity index (χ4v) is 5.78. The van der Waals surface area contributed by atoms with E-state index < -0.39 is 24.1 Å². The maximum absolute atomic E-state index is 13.2. The van der Waals surface area contributed by atoms with Gasteiger partial charge in [-0.3, -0.25) is 9.88 Å². The van der Waals surface area contributed by atoms with Crippen LogP contribution in [0.4, 0.5) is 0 Å². The molecular formula is C29H28N2O9. The maximum atomic E-state index is 13.2. The van der Waals surface area contributed by atoms with Crippen LogP contribution < -0.4 is 23.7 Å². The average Bonchev–Trinajstić information content (AvgIpc) is 3.60. The van der Waals surface area contributed by atoms with Gasteiger partial charge in [0.15, 0.2) is 23.0 Å². The summed E-state index contributed by atoms with van der Waals surface area (Å²) in [7, 11) is 6.53. The highest BCUT2D eigenvalue weighted by Crippen LogP contribution is 2.57. The molecule has 0 saturated carbocycles. The van der Waals surface area contributed by atoms with Gasteiger partial charge < -0.3 is 33.2 Å². The molecule has 208 valence electrons. The summed E-state index contributed by atoms with van der Waals surface area (Å²) in [6.45, 7) is 0.589. The maximum Gasteiger partial charge on any atom is 0.343 e. The zero-order valence-corrected chi connectivity index (χ0v) is 22.5. The lowest BCUT2D eigenvalue weighted by molar-refractivity contribution is 0.00846. The number of cyclic esters (lactones) is 1. The van der Waals surface area contributed by atoms with Gasteiger partial charge in [-0.2, -0.15) is 0 Å².